The molecule has 0 radical (unpaired) electrons. The van der Waals surface area contributed by atoms with Crippen molar-refractivity contribution in [3.8, 4) is 5.75 Å². The fourth-order valence-electron chi connectivity index (χ4n) is 4.68. The number of Topliss-reactive ketones (excluding diaryl/α,β-unsaturated/α-hetero) is 1. The molecule has 4 rings (SSSR count). The van der Waals surface area contributed by atoms with Gasteiger partial charge < -0.3 is 19.5 Å². The second-order valence-electron chi connectivity index (χ2n) is 8.90. The number of carbonyl (C=O) groups excluding carboxylic acids is 2. The third-order valence-electron chi connectivity index (χ3n) is 6.52. The SMILES string of the molecule is C=CCOc1ccc(C(O)=C2C(=O)C(=O)N(CCCN3CCOCC3)[C@H]2c2ccccc2F)cc1C. The van der Waals surface area contributed by atoms with E-state index in [1.165, 1.54) is 11.0 Å². The lowest BCUT2D eigenvalue weighted by Crippen LogP contribution is -2.39. The zero-order valence-corrected chi connectivity index (χ0v) is 20.4. The molecule has 2 aliphatic rings. The number of aliphatic hydroxyl groups is 1. The normalized spacial score (nSPS) is 20.1. The molecule has 0 aromatic heterocycles. The highest BCUT2D eigenvalue weighted by atomic mass is 19.1. The van der Waals surface area contributed by atoms with Crippen LogP contribution in [0.25, 0.3) is 5.76 Å². The van der Waals surface area contributed by atoms with Crippen molar-refractivity contribution in [1.82, 2.24) is 9.80 Å². The van der Waals surface area contributed by atoms with E-state index in [9.17, 15) is 19.1 Å². The van der Waals surface area contributed by atoms with Gasteiger partial charge in [0.25, 0.3) is 11.7 Å². The summed E-state index contributed by atoms with van der Waals surface area (Å²) in [5.74, 6) is -1.83. The summed E-state index contributed by atoms with van der Waals surface area (Å²) in [4.78, 5) is 29.9. The largest absolute Gasteiger partial charge is 0.507 e. The lowest BCUT2D eigenvalue weighted by molar-refractivity contribution is -0.140. The minimum Gasteiger partial charge on any atom is -0.507 e. The van der Waals surface area contributed by atoms with Crippen LogP contribution in [0.4, 0.5) is 4.39 Å². The third kappa shape index (κ3) is 5.34. The Labute approximate surface area is 210 Å². The zero-order valence-electron chi connectivity index (χ0n) is 20.4. The van der Waals surface area contributed by atoms with Gasteiger partial charge in [-0.05, 0) is 43.2 Å². The topological polar surface area (TPSA) is 79.3 Å². The van der Waals surface area contributed by atoms with Crippen molar-refractivity contribution in [3.63, 3.8) is 0 Å². The smallest absolute Gasteiger partial charge is 0.295 e. The minimum absolute atomic E-state index is 0.115. The van der Waals surface area contributed by atoms with Crippen molar-refractivity contribution < 1.29 is 28.6 Å². The standard InChI is InChI=1S/C28H31FN2O5/c1-3-15-36-23-10-9-20(18-19(23)2)26(32)24-25(21-7-4-5-8-22(21)29)31(28(34)27(24)33)12-6-11-30-13-16-35-17-14-30/h3-5,7-10,18,25,32H,1,6,11-17H2,2H3/t25-/m0/s1. The number of morpholine rings is 1. The van der Waals surface area contributed by atoms with Crippen LogP contribution in [0.2, 0.25) is 0 Å². The van der Waals surface area contributed by atoms with Gasteiger partial charge in [0.05, 0.1) is 24.8 Å². The summed E-state index contributed by atoms with van der Waals surface area (Å²) in [6, 6.07) is 10.0. The van der Waals surface area contributed by atoms with Gasteiger partial charge in [0.2, 0.25) is 0 Å². The Morgan fingerprint density at radius 3 is 2.64 bits per heavy atom. The summed E-state index contributed by atoms with van der Waals surface area (Å²) >= 11 is 0. The Morgan fingerprint density at radius 2 is 1.94 bits per heavy atom. The summed E-state index contributed by atoms with van der Waals surface area (Å²) in [6.45, 7) is 9.69. The third-order valence-corrected chi connectivity index (χ3v) is 6.52. The van der Waals surface area contributed by atoms with E-state index in [1.807, 2.05) is 6.92 Å². The van der Waals surface area contributed by atoms with Gasteiger partial charge >= 0.3 is 0 Å². The van der Waals surface area contributed by atoms with Crippen molar-refractivity contribution in [2.45, 2.75) is 19.4 Å². The lowest BCUT2D eigenvalue weighted by atomic mass is 9.94. The van der Waals surface area contributed by atoms with Crippen molar-refractivity contribution in [2.24, 2.45) is 0 Å². The molecule has 0 unspecified atom stereocenters. The second kappa shape index (κ2) is 11.5. The quantitative estimate of drug-likeness (QED) is 0.247. The summed E-state index contributed by atoms with van der Waals surface area (Å²) in [6.07, 6.45) is 2.23. The molecule has 36 heavy (non-hydrogen) atoms. The predicted molar refractivity (Wildman–Crippen MR) is 134 cm³/mol. The molecule has 190 valence electrons. The lowest BCUT2D eigenvalue weighted by Gasteiger charge is -2.29. The maximum atomic E-state index is 15.0. The molecule has 7 nitrogen and oxygen atoms in total. The number of likely N-dealkylation sites (tertiary alicyclic amines) is 1. The van der Waals surface area contributed by atoms with Crippen LogP contribution in [0.15, 0.2) is 60.7 Å². The van der Waals surface area contributed by atoms with E-state index < -0.39 is 23.5 Å². The number of hydrogen-bond acceptors (Lipinski definition) is 6. The first kappa shape index (κ1) is 25.6. The van der Waals surface area contributed by atoms with Crippen LogP contribution in [0.5, 0.6) is 5.75 Å². The van der Waals surface area contributed by atoms with Crippen LogP contribution in [0.1, 0.15) is 29.2 Å². The summed E-state index contributed by atoms with van der Waals surface area (Å²) in [5.41, 5.74) is 1.15. The van der Waals surface area contributed by atoms with Gasteiger partial charge in [-0.3, -0.25) is 14.5 Å². The molecule has 1 atom stereocenters. The Morgan fingerprint density at radius 1 is 1.19 bits per heavy atom. The molecule has 2 aliphatic heterocycles. The van der Waals surface area contributed by atoms with E-state index >= 15 is 0 Å². The van der Waals surface area contributed by atoms with Crippen LogP contribution >= 0.6 is 0 Å². The van der Waals surface area contributed by atoms with E-state index in [4.69, 9.17) is 9.47 Å². The summed E-state index contributed by atoms with van der Waals surface area (Å²) in [7, 11) is 0. The van der Waals surface area contributed by atoms with Crippen LogP contribution in [-0.2, 0) is 14.3 Å². The second-order valence-corrected chi connectivity index (χ2v) is 8.90. The molecule has 2 saturated heterocycles. The number of aliphatic hydroxyl groups excluding tert-OH is 1. The van der Waals surface area contributed by atoms with Gasteiger partial charge in [-0.1, -0.05) is 30.9 Å². The Kier molecular flexibility index (Phi) is 8.18. The highest BCUT2D eigenvalue weighted by molar-refractivity contribution is 6.46. The number of hydrogen-bond donors (Lipinski definition) is 1. The van der Waals surface area contributed by atoms with Crippen molar-refractivity contribution >= 4 is 17.4 Å². The number of halogens is 1. The van der Waals surface area contributed by atoms with Gasteiger partial charge in [-0.15, -0.1) is 0 Å². The van der Waals surface area contributed by atoms with E-state index in [0.29, 0.717) is 37.6 Å². The predicted octanol–water partition coefficient (Wildman–Crippen LogP) is 3.84. The minimum atomic E-state index is -1.02. The molecule has 2 heterocycles. The van der Waals surface area contributed by atoms with Gasteiger partial charge in [-0.2, -0.15) is 0 Å². The first-order valence-electron chi connectivity index (χ1n) is 12.1. The van der Waals surface area contributed by atoms with Crippen LogP contribution in [0.3, 0.4) is 0 Å². The number of rotatable bonds is 9. The maximum absolute atomic E-state index is 15.0. The first-order valence-corrected chi connectivity index (χ1v) is 12.1. The van der Waals surface area contributed by atoms with E-state index in [1.54, 1.807) is 42.5 Å². The number of ketones is 1. The summed E-state index contributed by atoms with van der Waals surface area (Å²) in [5, 5.41) is 11.2. The number of amides is 1. The monoisotopic (exact) mass is 494 g/mol. The van der Waals surface area contributed by atoms with Crippen LogP contribution in [0, 0.1) is 12.7 Å². The Balaban J connectivity index is 1.68. The average Bonchev–Trinajstić information content (AvgIpc) is 3.13. The number of benzene rings is 2. The maximum Gasteiger partial charge on any atom is 0.295 e. The molecular formula is C28H31FN2O5. The van der Waals surface area contributed by atoms with Crippen LogP contribution < -0.4 is 4.74 Å². The molecule has 0 aliphatic carbocycles. The van der Waals surface area contributed by atoms with Gasteiger partial charge in [-0.25, -0.2) is 4.39 Å². The molecule has 1 N–H and O–H groups in total. The molecule has 1 amide bonds. The number of ether oxygens (including phenoxy) is 2. The molecule has 0 saturated carbocycles. The molecule has 2 fully saturated rings. The van der Waals surface area contributed by atoms with E-state index in [-0.39, 0.29) is 23.4 Å². The Hall–Kier alpha value is -3.49. The van der Waals surface area contributed by atoms with Crippen LogP contribution in [-0.4, -0.2) is 72.6 Å². The van der Waals surface area contributed by atoms with E-state index in [2.05, 4.69) is 11.5 Å². The van der Waals surface area contributed by atoms with E-state index in [0.717, 1.165) is 25.2 Å². The highest BCUT2D eigenvalue weighted by Gasteiger charge is 2.46. The van der Waals surface area contributed by atoms with Crippen molar-refractivity contribution in [3.05, 3.63) is 83.2 Å². The first-order chi connectivity index (χ1) is 17.4. The number of carbonyl (C=O) groups is 2. The molecule has 0 bridgehead atoms. The molecule has 8 heteroatoms. The average molecular weight is 495 g/mol. The number of nitrogens with zero attached hydrogens (tertiary/aromatic N) is 2. The molecular weight excluding hydrogens is 463 g/mol. The van der Waals surface area contributed by atoms with Gasteiger partial charge in [0.15, 0.2) is 0 Å². The van der Waals surface area contributed by atoms with Gasteiger partial charge in [0, 0.05) is 37.3 Å². The molecule has 0 spiro atoms. The molecule has 2 aromatic carbocycles. The van der Waals surface area contributed by atoms with Crippen molar-refractivity contribution in [2.75, 3.05) is 46.0 Å². The Bertz CT molecular complexity index is 1170. The summed E-state index contributed by atoms with van der Waals surface area (Å²) < 4.78 is 25.9. The number of aryl methyl sites for hydroxylation is 1. The van der Waals surface area contributed by atoms with Crippen molar-refractivity contribution in [1.29, 1.82) is 0 Å². The fourth-order valence-corrected chi connectivity index (χ4v) is 4.68. The fraction of sp³-hybridized carbons (Fsp3) is 0.357. The highest BCUT2D eigenvalue weighted by Crippen LogP contribution is 2.40. The van der Waals surface area contributed by atoms with Gasteiger partial charge in [0.1, 0.15) is 23.9 Å². The zero-order chi connectivity index (χ0) is 25.7. The molecule has 2 aromatic rings.